The van der Waals surface area contributed by atoms with E-state index in [1.165, 1.54) is 6.66 Å². The third-order valence-corrected chi connectivity index (χ3v) is 7.41. The molecule has 178 valence electrons. The van der Waals surface area contributed by atoms with Crippen molar-refractivity contribution in [2.75, 3.05) is 27.0 Å². The van der Waals surface area contributed by atoms with Crippen molar-refractivity contribution in [3.05, 3.63) is 40.1 Å². The molecule has 0 aromatic heterocycles. The van der Waals surface area contributed by atoms with Crippen LogP contribution in [0.4, 0.5) is 13.2 Å². The summed E-state index contributed by atoms with van der Waals surface area (Å²) in [4.78, 5) is 13.1. The minimum atomic E-state index is -4.55. The van der Waals surface area contributed by atoms with Crippen LogP contribution in [0.2, 0.25) is 5.02 Å². The Labute approximate surface area is 195 Å². The molecule has 0 saturated heterocycles. The zero-order valence-corrected chi connectivity index (χ0v) is 20.4. The van der Waals surface area contributed by atoms with E-state index in [2.05, 4.69) is 0 Å². The van der Waals surface area contributed by atoms with Crippen LogP contribution >= 0.6 is 18.1 Å². The monoisotopic (exact) mass is 512 g/mol. The molecular formula is C21H25ClF3O5PS. The fourth-order valence-corrected chi connectivity index (χ4v) is 5.90. The zero-order valence-electron chi connectivity index (χ0n) is 18.0. The Balaban J connectivity index is 2.08. The van der Waals surface area contributed by atoms with Crippen molar-refractivity contribution in [3.8, 4) is 0 Å². The summed E-state index contributed by atoms with van der Waals surface area (Å²) in [6.07, 6.45) is -2.05. The van der Waals surface area contributed by atoms with E-state index in [4.69, 9.17) is 41.9 Å². The van der Waals surface area contributed by atoms with E-state index in [0.717, 1.165) is 12.8 Å². The van der Waals surface area contributed by atoms with Gasteiger partial charge in [0, 0.05) is 25.4 Å². The second-order valence-corrected chi connectivity index (χ2v) is 12.6. The lowest BCUT2D eigenvalue weighted by atomic mass is 9.76. The maximum atomic E-state index is 13.1. The van der Waals surface area contributed by atoms with Gasteiger partial charge in [-0.3, -0.25) is 0 Å². The number of rotatable bonds is 7. The molecule has 1 spiro atoms. The highest BCUT2D eigenvalue weighted by molar-refractivity contribution is 8.09. The first kappa shape index (κ1) is 25.5. The first-order chi connectivity index (χ1) is 14.9. The largest absolute Gasteiger partial charge is 0.447 e. The van der Waals surface area contributed by atoms with Gasteiger partial charge in [-0.15, -0.1) is 0 Å². The van der Waals surface area contributed by atoms with Gasteiger partial charge in [0.25, 0.3) is 0 Å². The number of methoxy groups -OCH3 is 1. The van der Waals surface area contributed by atoms with Crippen molar-refractivity contribution < 1.29 is 36.5 Å². The summed E-state index contributed by atoms with van der Waals surface area (Å²) in [6.45, 7) is -1.38. The van der Waals surface area contributed by atoms with Gasteiger partial charge >= 0.3 is 12.1 Å². The van der Waals surface area contributed by atoms with Gasteiger partial charge in [0.2, 0.25) is 6.49 Å². The van der Waals surface area contributed by atoms with Gasteiger partial charge in [-0.05, 0) is 73.6 Å². The average Bonchev–Trinajstić information content (AvgIpc) is 2.91. The van der Waals surface area contributed by atoms with Crippen LogP contribution in [0.1, 0.15) is 36.8 Å². The molecule has 32 heavy (non-hydrogen) atoms. The minimum Gasteiger partial charge on any atom is -0.447 e. The zero-order chi connectivity index (χ0) is 23.7. The Morgan fingerprint density at radius 2 is 2.09 bits per heavy atom. The van der Waals surface area contributed by atoms with Crippen molar-refractivity contribution in [3.63, 3.8) is 0 Å². The van der Waals surface area contributed by atoms with E-state index < -0.39 is 30.8 Å². The van der Waals surface area contributed by atoms with Gasteiger partial charge in [-0.25, -0.2) is 4.79 Å². The highest BCUT2D eigenvalue weighted by atomic mass is 35.5. The van der Waals surface area contributed by atoms with E-state index in [-0.39, 0.29) is 17.3 Å². The van der Waals surface area contributed by atoms with Gasteiger partial charge in [0.1, 0.15) is 5.57 Å². The minimum absolute atomic E-state index is 0.0941. The molecule has 2 aliphatic rings. The molecule has 0 bridgehead atoms. The maximum Gasteiger partial charge on any atom is 0.412 e. The Morgan fingerprint density at radius 3 is 2.72 bits per heavy atom. The summed E-state index contributed by atoms with van der Waals surface area (Å²) in [5.74, 6) is -0.354. The van der Waals surface area contributed by atoms with E-state index in [1.54, 1.807) is 32.2 Å². The van der Waals surface area contributed by atoms with Gasteiger partial charge in [-0.1, -0.05) is 17.7 Å². The second-order valence-electron chi connectivity index (χ2n) is 8.22. The van der Waals surface area contributed by atoms with E-state index in [9.17, 15) is 18.0 Å². The smallest absolute Gasteiger partial charge is 0.412 e. The summed E-state index contributed by atoms with van der Waals surface area (Å²) >= 11 is 11.4. The summed E-state index contributed by atoms with van der Waals surface area (Å²) in [6, 6.07) is 4.99. The predicted molar refractivity (Wildman–Crippen MR) is 119 cm³/mol. The van der Waals surface area contributed by atoms with Crippen molar-refractivity contribution in [1.82, 2.24) is 0 Å². The summed E-state index contributed by atoms with van der Waals surface area (Å²) in [5, 5.41) is 0.488. The molecule has 1 saturated carbocycles. The number of esters is 1. The van der Waals surface area contributed by atoms with Crippen LogP contribution in [0.3, 0.4) is 0 Å². The Morgan fingerprint density at radius 1 is 1.38 bits per heavy atom. The summed E-state index contributed by atoms with van der Waals surface area (Å²) in [7, 11) is 1.59. The SMILES string of the molecule is COCC1CCCC2(C1)OC(=O)C(c1ccc(Cl)cc1C)=C2OP(C)(=S)OCC(F)(F)F. The number of alkyl halides is 3. The maximum absolute atomic E-state index is 13.1. The fraction of sp³-hybridized carbons (Fsp3) is 0.571. The molecule has 5 nitrogen and oxygen atoms in total. The van der Waals surface area contributed by atoms with Crippen molar-refractivity contribution >= 4 is 41.4 Å². The Bertz CT molecular complexity index is 965. The second kappa shape index (κ2) is 9.63. The molecule has 1 heterocycles. The normalized spacial score (nSPS) is 25.7. The number of ether oxygens (including phenoxy) is 2. The van der Waals surface area contributed by atoms with Crippen LogP contribution in [0.25, 0.3) is 5.57 Å². The first-order valence-electron chi connectivity index (χ1n) is 10.1. The molecule has 1 aliphatic heterocycles. The van der Waals surface area contributed by atoms with Crippen LogP contribution in [0.15, 0.2) is 24.0 Å². The molecule has 0 N–H and O–H groups in total. The lowest BCUT2D eigenvalue weighted by Crippen LogP contribution is -2.39. The number of hydrogen-bond acceptors (Lipinski definition) is 6. The molecular weight excluding hydrogens is 488 g/mol. The quantitative estimate of drug-likeness (QED) is 0.328. The number of carbonyl (C=O) groups is 1. The molecule has 0 radical (unpaired) electrons. The molecule has 1 aliphatic carbocycles. The van der Waals surface area contributed by atoms with Crippen molar-refractivity contribution in [2.24, 2.45) is 5.92 Å². The van der Waals surface area contributed by atoms with Crippen LogP contribution in [-0.4, -0.2) is 44.7 Å². The van der Waals surface area contributed by atoms with E-state index >= 15 is 0 Å². The molecule has 3 rings (SSSR count). The Kier molecular flexibility index (Phi) is 7.67. The summed E-state index contributed by atoms with van der Waals surface area (Å²) < 4.78 is 60.4. The lowest BCUT2D eigenvalue weighted by molar-refractivity contribution is -0.154. The third kappa shape index (κ3) is 5.86. The standard InChI is InChI=1S/C21H25ClF3O5PS/c1-13-9-15(22)6-7-16(13)17-18(30-31(3,32)28-12-21(23,24)25)20(29-19(17)26)8-4-5-14(10-20)11-27-2/h6-7,9,14H,4-5,8,10-12H2,1-3H3. The van der Waals surface area contributed by atoms with Crippen LogP contribution < -0.4 is 0 Å². The number of hydrogen-bond donors (Lipinski definition) is 0. The number of benzene rings is 1. The van der Waals surface area contributed by atoms with Crippen LogP contribution in [0.5, 0.6) is 0 Å². The first-order valence-corrected chi connectivity index (χ1v) is 13.5. The van der Waals surface area contributed by atoms with Gasteiger partial charge < -0.3 is 18.5 Å². The van der Waals surface area contributed by atoms with Gasteiger partial charge in [0.05, 0.1) is 0 Å². The number of halogens is 4. The van der Waals surface area contributed by atoms with Gasteiger partial charge in [0.15, 0.2) is 18.0 Å². The number of carbonyl (C=O) groups excluding carboxylic acids is 1. The average molecular weight is 513 g/mol. The molecule has 1 fully saturated rings. The molecule has 0 amide bonds. The highest BCUT2D eigenvalue weighted by Crippen LogP contribution is 2.57. The van der Waals surface area contributed by atoms with Crippen molar-refractivity contribution in [2.45, 2.75) is 44.4 Å². The topological polar surface area (TPSA) is 54.0 Å². The summed E-state index contributed by atoms with van der Waals surface area (Å²) in [5.41, 5.74) is 0.268. The molecule has 1 aromatic rings. The van der Waals surface area contributed by atoms with E-state index in [1.807, 2.05) is 0 Å². The molecule has 3 unspecified atom stereocenters. The predicted octanol–water partition coefficient (Wildman–Crippen LogP) is 6.03. The molecule has 11 heteroatoms. The highest BCUT2D eigenvalue weighted by Gasteiger charge is 2.53. The number of aryl methyl sites for hydroxylation is 1. The lowest BCUT2D eigenvalue weighted by Gasteiger charge is -2.38. The van der Waals surface area contributed by atoms with E-state index in [0.29, 0.717) is 35.6 Å². The van der Waals surface area contributed by atoms with Crippen molar-refractivity contribution in [1.29, 1.82) is 0 Å². The molecule has 3 atom stereocenters. The van der Waals surface area contributed by atoms with Crippen LogP contribution in [0, 0.1) is 12.8 Å². The molecule has 1 aromatic carbocycles. The fourth-order valence-electron chi connectivity index (χ4n) is 4.27. The third-order valence-electron chi connectivity index (χ3n) is 5.52. The van der Waals surface area contributed by atoms with Gasteiger partial charge in [-0.2, -0.15) is 13.2 Å². The Hall–Kier alpha value is -1.12. The van der Waals surface area contributed by atoms with Crippen LogP contribution in [-0.2, 0) is 35.1 Å².